The van der Waals surface area contributed by atoms with Gasteiger partial charge in [-0.05, 0) is 73.4 Å². The van der Waals surface area contributed by atoms with Crippen LogP contribution >= 0.6 is 0 Å². The highest BCUT2D eigenvalue weighted by Crippen LogP contribution is 2.41. The molecule has 3 unspecified atom stereocenters. The van der Waals surface area contributed by atoms with E-state index in [0.717, 1.165) is 32.1 Å². The molecule has 0 aromatic heterocycles. The van der Waals surface area contributed by atoms with Gasteiger partial charge in [0.2, 0.25) is 10.0 Å². The van der Waals surface area contributed by atoms with Gasteiger partial charge in [-0.3, -0.25) is 4.79 Å². The average Bonchev–Trinajstić information content (AvgIpc) is 3.43. The Morgan fingerprint density at radius 2 is 1.79 bits per heavy atom. The molecule has 2 aromatic carbocycles. The predicted molar refractivity (Wildman–Crippen MR) is 107 cm³/mol. The van der Waals surface area contributed by atoms with E-state index in [1.54, 1.807) is 22.5 Å². The number of sulfonamides is 1. The standard InChI is InChI=1S/C22H24N2O3S/c25-22(17-5-2-1-3-6-17)23-20-11-15-12-21(20)24(14-15)28(26,27)19-10-9-16-7-4-8-18(16)13-19/h1-3,5-6,9-10,13,15,20-21H,4,7-8,11-12,14H2,(H,23,25). The molecule has 0 spiro atoms. The molecular formula is C22H24N2O3S. The third-order valence-electron chi connectivity index (χ3n) is 6.46. The molecule has 2 aliphatic carbocycles. The summed E-state index contributed by atoms with van der Waals surface area (Å²) in [4.78, 5) is 12.9. The quantitative estimate of drug-likeness (QED) is 0.864. The van der Waals surface area contributed by atoms with Crippen LogP contribution in [0.5, 0.6) is 0 Å². The number of hydrogen-bond acceptors (Lipinski definition) is 3. The minimum atomic E-state index is -3.54. The fourth-order valence-corrected chi connectivity index (χ4v) is 6.89. The van der Waals surface area contributed by atoms with Gasteiger partial charge in [-0.1, -0.05) is 24.3 Å². The zero-order valence-corrected chi connectivity index (χ0v) is 16.5. The minimum absolute atomic E-state index is 0.129. The van der Waals surface area contributed by atoms with Gasteiger partial charge in [-0.25, -0.2) is 8.42 Å². The van der Waals surface area contributed by atoms with Gasteiger partial charge in [0.25, 0.3) is 5.91 Å². The van der Waals surface area contributed by atoms with Crippen molar-refractivity contribution in [2.45, 2.75) is 49.1 Å². The molecule has 1 aliphatic heterocycles. The summed E-state index contributed by atoms with van der Waals surface area (Å²) in [5.74, 6) is 0.184. The van der Waals surface area contributed by atoms with Crippen molar-refractivity contribution in [1.82, 2.24) is 9.62 Å². The summed E-state index contributed by atoms with van der Waals surface area (Å²) in [6.07, 6.45) is 4.77. The van der Waals surface area contributed by atoms with Crippen LogP contribution in [0.3, 0.4) is 0 Å². The third kappa shape index (κ3) is 2.95. The summed E-state index contributed by atoms with van der Waals surface area (Å²) >= 11 is 0. The Bertz CT molecular complexity index is 1020. The molecule has 2 aromatic rings. The first-order valence-electron chi connectivity index (χ1n) is 10.0. The maximum Gasteiger partial charge on any atom is 0.251 e. The first-order valence-corrected chi connectivity index (χ1v) is 11.5. The maximum atomic E-state index is 13.3. The third-order valence-corrected chi connectivity index (χ3v) is 8.35. The number of nitrogens with zero attached hydrogens (tertiary/aromatic N) is 1. The van der Waals surface area contributed by atoms with Gasteiger partial charge >= 0.3 is 0 Å². The normalized spacial score (nSPS) is 26.4. The van der Waals surface area contributed by atoms with Crippen LogP contribution in [-0.2, 0) is 22.9 Å². The van der Waals surface area contributed by atoms with E-state index >= 15 is 0 Å². The van der Waals surface area contributed by atoms with E-state index in [2.05, 4.69) is 5.32 Å². The molecule has 3 atom stereocenters. The van der Waals surface area contributed by atoms with Gasteiger partial charge < -0.3 is 5.32 Å². The summed E-state index contributed by atoms with van der Waals surface area (Å²) in [7, 11) is -3.54. The number of piperidine rings is 1. The first-order chi connectivity index (χ1) is 13.5. The second kappa shape index (κ2) is 6.71. The molecule has 0 radical (unpaired) electrons. The van der Waals surface area contributed by atoms with E-state index in [0.29, 0.717) is 22.9 Å². The van der Waals surface area contributed by atoms with Crippen molar-refractivity contribution < 1.29 is 13.2 Å². The number of rotatable bonds is 4. The lowest BCUT2D eigenvalue weighted by Crippen LogP contribution is -2.51. The first kappa shape index (κ1) is 17.9. The van der Waals surface area contributed by atoms with Crippen LogP contribution in [0.4, 0.5) is 0 Å². The van der Waals surface area contributed by atoms with Gasteiger partial charge in [0, 0.05) is 24.2 Å². The average molecular weight is 397 g/mol. The molecule has 2 bridgehead atoms. The minimum Gasteiger partial charge on any atom is -0.348 e. The van der Waals surface area contributed by atoms with E-state index in [9.17, 15) is 13.2 Å². The highest BCUT2D eigenvalue weighted by molar-refractivity contribution is 7.89. The van der Waals surface area contributed by atoms with E-state index in [1.807, 2.05) is 30.3 Å². The summed E-state index contributed by atoms with van der Waals surface area (Å²) in [5, 5.41) is 3.08. The molecule has 1 saturated carbocycles. The van der Waals surface area contributed by atoms with E-state index in [4.69, 9.17) is 0 Å². The summed E-state index contributed by atoms with van der Waals surface area (Å²) in [6, 6.07) is 14.4. The van der Waals surface area contributed by atoms with E-state index in [1.165, 1.54) is 11.1 Å². The number of fused-ring (bicyclic) bond motifs is 3. The van der Waals surface area contributed by atoms with Crippen LogP contribution in [-0.4, -0.2) is 37.3 Å². The van der Waals surface area contributed by atoms with Gasteiger partial charge in [0.15, 0.2) is 0 Å². The molecule has 6 heteroatoms. The van der Waals surface area contributed by atoms with Crippen molar-refractivity contribution in [1.29, 1.82) is 0 Å². The number of nitrogens with one attached hydrogen (secondary N) is 1. The van der Waals surface area contributed by atoms with Crippen LogP contribution in [0, 0.1) is 5.92 Å². The van der Waals surface area contributed by atoms with E-state index < -0.39 is 10.0 Å². The molecule has 1 heterocycles. The monoisotopic (exact) mass is 396 g/mol. The van der Waals surface area contributed by atoms with Crippen LogP contribution in [0.15, 0.2) is 53.4 Å². The fourth-order valence-electron chi connectivity index (χ4n) is 5.09. The number of benzene rings is 2. The Balaban J connectivity index is 1.37. The van der Waals surface area contributed by atoms with Crippen molar-refractivity contribution in [2.24, 2.45) is 5.92 Å². The van der Waals surface area contributed by atoms with Crippen molar-refractivity contribution in [3.8, 4) is 0 Å². The number of hydrogen-bond donors (Lipinski definition) is 1. The van der Waals surface area contributed by atoms with Crippen molar-refractivity contribution in [2.75, 3.05) is 6.54 Å². The van der Waals surface area contributed by atoms with Crippen molar-refractivity contribution in [3.05, 3.63) is 65.2 Å². The summed E-state index contributed by atoms with van der Waals surface area (Å²) in [5.41, 5.74) is 3.05. The summed E-state index contributed by atoms with van der Waals surface area (Å²) < 4.78 is 28.3. The van der Waals surface area contributed by atoms with Crippen LogP contribution in [0.1, 0.15) is 40.7 Å². The lowest BCUT2D eigenvalue weighted by atomic mass is 10.1. The van der Waals surface area contributed by atoms with Gasteiger partial charge in [0.05, 0.1) is 4.90 Å². The highest BCUT2D eigenvalue weighted by atomic mass is 32.2. The molecule has 3 aliphatic rings. The second-order valence-corrected chi connectivity index (χ2v) is 10.1. The maximum absolute atomic E-state index is 13.3. The molecule has 1 amide bonds. The number of carbonyl (C=O) groups is 1. The van der Waals surface area contributed by atoms with Gasteiger partial charge in [0.1, 0.15) is 0 Å². The number of aryl methyl sites for hydroxylation is 2. The molecule has 1 N–H and O–H groups in total. The Morgan fingerprint density at radius 3 is 2.57 bits per heavy atom. The topological polar surface area (TPSA) is 66.5 Å². The number of carbonyl (C=O) groups excluding carboxylic acids is 1. The Labute approximate surface area is 165 Å². The lowest BCUT2D eigenvalue weighted by molar-refractivity contribution is 0.0917. The van der Waals surface area contributed by atoms with Gasteiger partial charge in [-0.15, -0.1) is 0 Å². The smallest absolute Gasteiger partial charge is 0.251 e. The highest BCUT2D eigenvalue weighted by Gasteiger charge is 2.50. The molecule has 28 heavy (non-hydrogen) atoms. The van der Waals surface area contributed by atoms with Gasteiger partial charge in [-0.2, -0.15) is 4.31 Å². The Morgan fingerprint density at radius 1 is 1.00 bits per heavy atom. The molecule has 5 rings (SSSR count). The SMILES string of the molecule is O=C(NC1CC2CC1N(S(=O)(=O)c1ccc3c(c1)CCC3)C2)c1ccccc1. The zero-order valence-electron chi connectivity index (χ0n) is 15.7. The lowest BCUT2D eigenvalue weighted by Gasteiger charge is -2.33. The van der Waals surface area contributed by atoms with Crippen molar-refractivity contribution >= 4 is 15.9 Å². The van der Waals surface area contributed by atoms with Crippen LogP contribution in [0.25, 0.3) is 0 Å². The molecule has 1 saturated heterocycles. The van der Waals surface area contributed by atoms with E-state index in [-0.39, 0.29) is 18.0 Å². The Kier molecular flexibility index (Phi) is 4.29. The Hall–Kier alpha value is -2.18. The number of amides is 1. The molecule has 146 valence electrons. The summed E-state index contributed by atoms with van der Waals surface area (Å²) in [6.45, 7) is 0.557. The zero-order chi connectivity index (χ0) is 19.3. The van der Waals surface area contributed by atoms with Crippen molar-refractivity contribution in [3.63, 3.8) is 0 Å². The molecule has 2 fully saturated rings. The van der Waals surface area contributed by atoms with Crippen LogP contribution in [0.2, 0.25) is 0 Å². The van der Waals surface area contributed by atoms with Crippen LogP contribution < -0.4 is 5.32 Å². The second-order valence-electron chi connectivity index (χ2n) is 8.21. The predicted octanol–water partition coefficient (Wildman–Crippen LogP) is 2.76. The fraction of sp³-hybridized carbons (Fsp3) is 0.409. The largest absolute Gasteiger partial charge is 0.348 e. The molecule has 5 nitrogen and oxygen atoms in total. The molecular weight excluding hydrogens is 372 g/mol.